The zero-order chi connectivity index (χ0) is 11.1. The molecule has 84 valence electrons. The SMILES string of the molecule is C[C@@]12CC[C@@]3(C)C(=O)[C@@](C)(C1)[C@H](O)C[C@@H]23. The summed E-state index contributed by atoms with van der Waals surface area (Å²) in [4.78, 5) is 12.5. The fourth-order valence-electron chi connectivity index (χ4n) is 5.01. The molecule has 4 aliphatic rings. The molecule has 5 atom stereocenters. The van der Waals surface area contributed by atoms with Crippen LogP contribution in [-0.4, -0.2) is 17.0 Å². The quantitative estimate of drug-likeness (QED) is 0.662. The topological polar surface area (TPSA) is 37.3 Å². The predicted molar refractivity (Wildman–Crippen MR) is 57.3 cm³/mol. The van der Waals surface area contributed by atoms with Crippen molar-refractivity contribution in [3.8, 4) is 0 Å². The first kappa shape index (κ1) is 9.83. The summed E-state index contributed by atoms with van der Waals surface area (Å²) in [5.74, 6) is 0.767. The van der Waals surface area contributed by atoms with Crippen molar-refractivity contribution in [3.05, 3.63) is 0 Å². The number of Topliss-reactive ketones (excluding diaryl/α,β-unsaturated/α-hetero) is 1. The van der Waals surface area contributed by atoms with Gasteiger partial charge in [-0.1, -0.05) is 20.8 Å². The summed E-state index contributed by atoms with van der Waals surface area (Å²) < 4.78 is 0. The maximum Gasteiger partial charge on any atom is 0.147 e. The van der Waals surface area contributed by atoms with Crippen LogP contribution in [0.1, 0.15) is 46.5 Å². The van der Waals surface area contributed by atoms with Crippen LogP contribution in [0.5, 0.6) is 0 Å². The van der Waals surface area contributed by atoms with E-state index in [1.54, 1.807) is 0 Å². The molecule has 15 heavy (non-hydrogen) atoms. The Labute approximate surface area is 91.1 Å². The van der Waals surface area contributed by atoms with E-state index < -0.39 is 11.5 Å². The highest BCUT2D eigenvalue weighted by Crippen LogP contribution is 2.70. The Bertz CT molecular complexity index is 350. The smallest absolute Gasteiger partial charge is 0.147 e. The average Bonchev–Trinajstić information content (AvgIpc) is 2.37. The first-order chi connectivity index (χ1) is 6.83. The Morgan fingerprint density at radius 3 is 2.53 bits per heavy atom. The lowest BCUT2D eigenvalue weighted by Crippen LogP contribution is -2.62. The van der Waals surface area contributed by atoms with Gasteiger partial charge in [-0.15, -0.1) is 0 Å². The molecule has 4 bridgehead atoms. The molecule has 0 aromatic heterocycles. The van der Waals surface area contributed by atoms with Gasteiger partial charge in [-0.3, -0.25) is 4.79 Å². The van der Waals surface area contributed by atoms with Crippen molar-refractivity contribution in [2.45, 2.75) is 52.6 Å². The van der Waals surface area contributed by atoms with E-state index in [2.05, 4.69) is 13.8 Å². The second-order valence-corrected chi connectivity index (χ2v) is 6.80. The minimum atomic E-state index is -0.450. The van der Waals surface area contributed by atoms with Crippen molar-refractivity contribution in [1.29, 1.82) is 0 Å². The maximum atomic E-state index is 12.5. The number of ketones is 1. The Kier molecular flexibility index (Phi) is 1.52. The lowest BCUT2D eigenvalue weighted by atomic mass is 9.45. The summed E-state index contributed by atoms with van der Waals surface area (Å²) in [7, 11) is 0. The predicted octanol–water partition coefficient (Wildman–Crippen LogP) is 2.15. The van der Waals surface area contributed by atoms with Crippen LogP contribution in [0.25, 0.3) is 0 Å². The van der Waals surface area contributed by atoms with Gasteiger partial charge in [-0.05, 0) is 37.0 Å². The normalized spacial score (nSPS) is 62.5. The van der Waals surface area contributed by atoms with Crippen LogP contribution in [-0.2, 0) is 4.79 Å². The van der Waals surface area contributed by atoms with E-state index >= 15 is 0 Å². The van der Waals surface area contributed by atoms with Gasteiger partial charge in [-0.2, -0.15) is 0 Å². The van der Waals surface area contributed by atoms with Gasteiger partial charge in [0.05, 0.1) is 11.5 Å². The van der Waals surface area contributed by atoms with Crippen molar-refractivity contribution < 1.29 is 9.90 Å². The summed E-state index contributed by atoms with van der Waals surface area (Å²) in [6.45, 7) is 6.44. The van der Waals surface area contributed by atoms with E-state index in [0.29, 0.717) is 17.1 Å². The van der Waals surface area contributed by atoms with Crippen molar-refractivity contribution in [2.75, 3.05) is 0 Å². The highest BCUT2D eigenvalue weighted by molar-refractivity contribution is 5.93. The van der Waals surface area contributed by atoms with Gasteiger partial charge in [0.15, 0.2) is 0 Å². The summed E-state index contributed by atoms with van der Waals surface area (Å²) in [6, 6.07) is 0. The Hall–Kier alpha value is -0.370. The zero-order valence-electron chi connectivity index (χ0n) is 9.84. The largest absolute Gasteiger partial charge is 0.392 e. The van der Waals surface area contributed by atoms with Gasteiger partial charge in [0.2, 0.25) is 0 Å². The van der Waals surface area contributed by atoms with Crippen LogP contribution >= 0.6 is 0 Å². The second kappa shape index (κ2) is 2.32. The van der Waals surface area contributed by atoms with E-state index in [1.165, 1.54) is 6.42 Å². The Balaban J connectivity index is 2.18. The zero-order valence-corrected chi connectivity index (χ0v) is 9.84. The van der Waals surface area contributed by atoms with Crippen LogP contribution in [0.15, 0.2) is 0 Å². The molecular weight excluding hydrogens is 188 g/mol. The summed E-state index contributed by atoms with van der Waals surface area (Å²) in [5, 5.41) is 10.1. The van der Waals surface area contributed by atoms with E-state index in [0.717, 1.165) is 19.3 Å². The Morgan fingerprint density at radius 1 is 1.20 bits per heavy atom. The number of rotatable bonds is 0. The molecular formula is C13H20O2. The van der Waals surface area contributed by atoms with E-state index in [-0.39, 0.29) is 5.41 Å². The molecule has 0 aliphatic heterocycles. The highest BCUT2D eigenvalue weighted by atomic mass is 16.3. The van der Waals surface area contributed by atoms with Crippen LogP contribution in [0.2, 0.25) is 0 Å². The molecule has 4 fully saturated rings. The lowest BCUT2D eigenvalue weighted by Gasteiger charge is -2.59. The first-order valence-corrected chi connectivity index (χ1v) is 6.06. The van der Waals surface area contributed by atoms with Gasteiger partial charge < -0.3 is 5.11 Å². The molecule has 2 nitrogen and oxygen atoms in total. The molecule has 0 aromatic carbocycles. The van der Waals surface area contributed by atoms with Gasteiger partial charge >= 0.3 is 0 Å². The van der Waals surface area contributed by atoms with Gasteiger partial charge in [-0.25, -0.2) is 0 Å². The van der Waals surface area contributed by atoms with E-state index in [9.17, 15) is 9.90 Å². The average molecular weight is 208 g/mol. The van der Waals surface area contributed by atoms with E-state index in [1.807, 2.05) is 6.92 Å². The molecule has 4 aliphatic carbocycles. The number of fused-ring (bicyclic) bond motifs is 1. The number of aliphatic hydroxyl groups excluding tert-OH is 1. The van der Waals surface area contributed by atoms with Crippen molar-refractivity contribution in [1.82, 2.24) is 0 Å². The van der Waals surface area contributed by atoms with Gasteiger partial charge in [0.25, 0.3) is 0 Å². The number of aliphatic hydroxyl groups is 1. The number of hydrogen-bond donors (Lipinski definition) is 1. The molecule has 1 N–H and O–H groups in total. The van der Waals surface area contributed by atoms with Crippen molar-refractivity contribution >= 4 is 5.78 Å². The molecule has 0 aromatic rings. The van der Waals surface area contributed by atoms with Crippen LogP contribution in [0.3, 0.4) is 0 Å². The summed E-state index contributed by atoms with van der Waals surface area (Å²) >= 11 is 0. The molecule has 0 amide bonds. The first-order valence-electron chi connectivity index (χ1n) is 6.06. The molecule has 0 unspecified atom stereocenters. The molecule has 0 radical (unpaired) electrons. The monoisotopic (exact) mass is 208 g/mol. The third-order valence-electron chi connectivity index (χ3n) is 5.83. The fraction of sp³-hybridized carbons (Fsp3) is 0.923. The molecule has 2 heteroatoms. The molecule has 0 saturated heterocycles. The molecule has 0 heterocycles. The second-order valence-electron chi connectivity index (χ2n) is 6.80. The molecule has 0 spiro atoms. The van der Waals surface area contributed by atoms with Crippen molar-refractivity contribution in [2.24, 2.45) is 22.2 Å². The minimum absolute atomic E-state index is 0.124. The van der Waals surface area contributed by atoms with E-state index in [4.69, 9.17) is 0 Å². The third-order valence-corrected chi connectivity index (χ3v) is 5.83. The number of carbonyl (C=O) groups excluding carboxylic acids is 1. The lowest BCUT2D eigenvalue weighted by molar-refractivity contribution is -0.181. The summed E-state index contributed by atoms with van der Waals surface area (Å²) in [6.07, 6.45) is 3.56. The van der Waals surface area contributed by atoms with Crippen LogP contribution in [0, 0.1) is 22.2 Å². The standard InChI is InChI=1S/C13H20O2/c1-11-4-5-12(2)8(11)6-9(14)13(3,7-11)10(12)15/h8-9,14H,4-7H2,1-3H3/t8-,9+,11+,12+,13-/m0/s1. The molecule has 4 saturated carbocycles. The minimum Gasteiger partial charge on any atom is -0.392 e. The third kappa shape index (κ3) is 0.848. The maximum absolute atomic E-state index is 12.5. The number of carbonyl (C=O) groups is 1. The summed E-state index contributed by atoms with van der Waals surface area (Å²) in [5.41, 5.74) is -0.258. The van der Waals surface area contributed by atoms with Gasteiger partial charge in [0.1, 0.15) is 5.78 Å². The van der Waals surface area contributed by atoms with Crippen molar-refractivity contribution in [3.63, 3.8) is 0 Å². The molecule has 4 rings (SSSR count). The van der Waals surface area contributed by atoms with Gasteiger partial charge in [0, 0.05) is 5.41 Å². The number of hydrogen-bond acceptors (Lipinski definition) is 2. The Morgan fingerprint density at radius 2 is 1.87 bits per heavy atom. The van der Waals surface area contributed by atoms with Crippen LogP contribution < -0.4 is 0 Å². The fourth-order valence-corrected chi connectivity index (χ4v) is 5.01. The van der Waals surface area contributed by atoms with Crippen LogP contribution in [0.4, 0.5) is 0 Å². The highest BCUT2D eigenvalue weighted by Gasteiger charge is 2.70.